The van der Waals surface area contributed by atoms with Crippen LogP contribution in [-0.4, -0.2) is 61.1 Å². The van der Waals surface area contributed by atoms with Gasteiger partial charge in [0, 0.05) is 13.1 Å². The van der Waals surface area contributed by atoms with E-state index in [-0.39, 0.29) is 11.8 Å². The Balaban J connectivity index is 1.87. The molecule has 2 atom stereocenters. The number of hydrogen-bond donors (Lipinski definition) is 2. The molecule has 114 valence electrons. The van der Waals surface area contributed by atoms with E-state index in [9.17, 15) is 9.59 Å². The zero-order valence-electron chi connectivity index (χ0n) is 12.4. The van der Waals surface area contributed by atoms with Crippen molar-refractivity contribution in [2.75, 3.05) is 32.8 Å². The van der Waals surface area contributed by atoms with Crippen LogP contribution in [0.2, 0.25) is 0 Å². The number of rotatable bonds is 3. The number of morpholine rings is 1. The van der Waals surface area contributed by atoms with Gasteiger partial charge >= 0.3 is 0 Å². The molecule has 20 heavy (non-hydrogen) atoms. The van der Waals surface area contributed by atoms with Crippen molar-refractivity contribution < 1.29 is 14.3 Å². The first-order valence-corrected chi connectivity index (χ1v) is 7.45. The van der Waals surface area contributed by atoms with Gasteiger partial charge in [0.25, 0.3) is 0 Å². The third-order valence-corrected chi connectivity index (χ3v) is 4.16. The maximum absolute atomic E-state index is 12.3. The zero-order valence-corrected chi connectivity index (χ0v) is 12.4. The number of nitrogens with zero attached hydrogens (tertiary/aromatic N) is 1. The number of nitrogens with one attached hydrogen (secondary N) is 2. The predicted octanol–water partition coefficient (Wildman–Crippen LogP) is -0.118. The summed E-state index contributed by atoms with van der Waals surface area (Å²) in [6.45, 7) is 6.88. The predicted molar refractivity (Wildman–Crippen MR) is 75.3 cm³/mol. The fourth-order valence-corrected chi connectivity index (χ4v) is 2.73. The Morgan fingerprint density at radius 2 is 2.00 bits per heavy atom. The number of piperidine rings is 1. The smallest absolute Gasteiger partial charge is 0.245 e. The van der Waals surface area contributed by atoms with Gasteiger partial charge in [0.1, 0.15) is 6.04 Å². The highest BCUT2D eigenvalue weighted by molar-refractivity contribution is 5.91. The average Bonchev–Trinajstić information content (AvgIpc) is 2.48. The van der Waals surface area contributed by atoms with E-state index in [1.54, 1.807) is 11.8 Å². The lowest BCUT2D eigenvalue weighted by atomic mass is 9.90. The molecule has 0 bridgehead atoms. The molecule has 0 aromatic heterocycles. The number of carbonyl (C=O) groups is 2. The van der Waals surface area contributed by atoms with E-state index in [0.29, 0.717) is 26.3 Å². The van der Waals surface area contributed by atoms with Crippen LogP contribution in [-0.2, 0) is 14.3 Å². The van der Waals surface area contributed by atoms with Crippen molar-refractivity contribution >= 4 is 11.8 Å². The second-order valence-electron chi connectivity index (χ2n) is 5.85. The van der Waals surface area contributed by atoms with Gasteiger partial charge in [-0.25, -0.2) is 0 Å². The molecule has 2 amide bonds. The molecular formula is C14H25N3O3. The lowest BCUT2D eigenvalue weighted by Crippen LogP contribution is -2.60. The standard InChI is InChI=1S/C14H25N3O3/c1-11(12(18)17-7-9-20-10-8-17)16-13(19)14(2)5-3-4-6-15-14/h11,15H,3-10H2,1-2H3,(H,16,19). The minimum atomic E-state index is -0.544. The molecule has 0 aliphatic carbocycles. The van der Waals surface area contributed by atoms with Gasteiger partial charge in [-0.1, -0.05) is 0 Å². The molecule has 0 radical (unpaired) electrons. The summed E-state index contributed by atoms with van der Waals surface area (Å²) in [4.78, 5) is 26.4. The molecule has 2 heterocycles. The van der Waals surface area contributed by atoms with Gasteiger partial charge in [-0.05, 0) is 39.7 Å². The highest BCUT2D eigenvalue weighted by Gasteiger charge is 2.36. The maximum Gasteiger partial charge on any atom is 0.245 e. The molecular weight excluding hydrogens is 258 g/mol. The monoisotopic (exact) mass is 283 g/mol. The fraction of sp³-hybridized carbons (Fsp3) is 0.857. The van der Waals surface area contributed by atoms with Crippen molar-refractivity contribution in [3.05, 3.63) is 0 Å². The second kappa shape index (κ2) is 6.54. The van der Waals surface area contributed by atoms with Crippen LogP contribution in [0.15, 0.2) is 0 Å². The van der Waals surface area contributed by atoms with Crippen molar-refractivity contribution in [1.29, 1.82) is 0 Å². The Bertz CT molecular complexity index is 361. The molecule has 2 fully saturated rings. The summed E-state index contributed by atoms with van der Waals surface area (Å²) in [5, 5.41) is 6.12. The van der Waals surface area contributed by atoms with Gasteiger partial charge in [0.05, 0.1) is 18.8 Å². The van der Waals surface area contributed by atoms with Crippen molar-refractivity contribution in [1.82, 2.24) is 15.5 Å². The van der Waals surface area contributed by atoms with Gasteiger partial charge in [-0.15, -0.1) is 0 Å². The number of hydrogen-bond acceptors (Lipinski definition) is 4. The first-order chi connectivity index (χ1) is 9.53. The number of ether oxygens (including phenoxy) is 1. The quantitative estimate of drug-likeness (QED) is 0.758. The van der Waals surface area contributed by atoms with Gasteiger partial charge in [0.2, 0.25) is 11.8 Å². The summed E-state index contributed by atoms with van der Waals surface area (Å²) in [7, 11) is 0. The van der Waals surface area contributed by atoms with Crippen LogP contribution in [0.3, 0.4) is 0 Å². The summed E-state index contributed by atoms with van der Waals surface area (Å²) >= 11 is 0. The summed E-state index contributed by atoms with van der Waals surface area (Å²) < 4.78 is 5.23. The van der Waals surface area contributed by atoms with Crippen LogP contribution in [0.1, 0.15) is 33.1 Å². The molecule has 0 spiro atoms. The van der Waals surface area contributed by atoms with Gasteiger partial charge in [-0.2, -0.15) is 0 Å². The summed E-state index contributed by atoms with van der Waals surface area (Å²) in [6, 6.07) is -0.485. The molecule has 2 rings (SSSR count). The third kappa shape index (κ3) is 3.49. The Morgan fingerprint density at radius 3 is 2.60 bits per heavy atom. The Kier molecular flexibility index (Phi) is 4.99. The molecule has 6 nitrogen and oxygen atoms in total. The van der Waals surface area contributed by atoms with Crippen molar-refractivity contribution in [3.8, 4) is 0 Å². The average molecular weight is 283 g/mol. The number of carbonyl (C=O) groups excluding carboxylic acids is 2. The molecule has 6 heteroatoms. The first kappa shape index (κ1) is 15.3. The third-order valence-electron chi connectivity index (χ3n) is 4.16. The molecule has 2 N–H and O–H groups in total. The summed E-state index contributed by atoms with van der Waals surface area (Å²) in [6.07, 6.45) is 2.96. The SMILES string of the molecule is CC(NC(=O)C1(C)CCCCN1)C(=O)N1CCOCC1. The number of amides is 2. The summed E-state index contributed by atoms with van der Waals surface area (Å²) in [5.41, 5.74) is -0.544. The highest BCUT2D eigenvalue weighted by atomic mass is 16.5. The van der Waals surface area contributed by atoms with Crippen LogP contribution >= 0.6 is 0 Å². The Morgan fingerprint density at radius 1 is 1.30 bits per heavy atom. The lowest BCUT2D eigenvalue weighted by Gasteiger charge is -2.35. The molecule has 2 aliphatic heterocycles. The molecule has 2 aliphatic rings. The Labute approximate surface area is 120 Å². The van der Waals surface area contributed by atoms with E-state index in [4.69, 9.17) is 4.74 Å². The lowest BCUT2D eigenvalue weighted by molar-refractivity contribution is -0.140. The maximum atomic E-state index is 12.3. The van der Waals surface area contributed by atoms with Crippen LogP contribution in [0.25, 0.3) is 0 Å². The first-order valence-electron chi connectivity index (χ1n) is 7.45. The fourth-order valence-electron chi connectivity index (χ4n) is 2.73. The van der Waals surface area contributed by atoms with E-state index < -0.39 is 11.6 Å². The van der Waals surface area contributed by atoms with Crippen LogP contribution in [0.4, 0.5) is 0 Å². The highest BCUT2D eigenvalue weighted by Crippen LogP contribution is 2.19. The van der Waals surface area contributed by atoms with Gasteiger partial charge < -0.3 is 20.3 Å². The molecule has 0 saturated carbocycles. The zero-order chi connectivity index (χ0) is 14.6. The largest absolute Gasteiger partial charge is 0.378 e. The van der Waals surface area contributed by atoms with E-state index >= 15 is 0 Å². The van der Waals surface area contributed by atoms with Crippen molar-refractivity contribution in [2.45, 2.75) is 44.7 Å². The van der Waals surface area contributed by atoms with Gasteiger partial charge in [0.15, 0.2) is 0 Å². The summed E-state index contributed by atoms with van der Waals surface area (Å²) in [5.74, 6) is -0.104. The van der Waals surface area contributed by atoms with Crippen molar-refractivity contribution in [2.24, 2.45) is 0 Å². The molecule has 2 saturated heterocycles. The minimum absolute atomic E-state index is 0.0268. The molecule has 2 unspecified atom stereocenters. The normalized spacial score (nSPS) is 28.8. The topological polar surface area (TPSA) is 70.7 Å². The second-order valence-corrected chi connectivity index (χ2v) is 5.85. The van der Waals surface area contributed by atoms with Crippen LogP contribution in [0.5, 0.6) is 0 Å². The van der Waals surface area contributed by atoms with Crippen molar-refractivity contribution in [3.63, 3.8) is 0 Å². The minimum Gasteiger partial charge on any atom is -0.378 e. The van der Waals surface area contributed by atoms with E-state index in [1.807, 2.05) is 6.92 Å². The van der Waals surface area contributed by atoms with Crippen LogP contribution < -0.4 is 10.6 Å². The molecule has 0 aromatic rings. The van der Waals surface area contributed by atoms with E-state index in [0.717, 1.165) is 25.8 Å². The Hall–Kier alpha value is -1.14. The van der Waals surface area contributed by atoms with E-state index in [2.05, 4.69) is 10.6 Å². The van der Waals surface area contributed by atoms with Crippen LogP contribution in [0, 0.1) is 0 Å². The molecule has 0 aromatic carbocycles. The van der Waals surface area contributed by atoms with Gasteiger partial charge in [-0.3, -0.25) is 9.59 Å². The van der Waals surface area contributed by atoms with E-state index in [1.165, 1.54) is 0 Å².